The van der Waals surface area contributed by atoms with Crippen LogP contribution >= 0.6 is 11.8 Å². The van der Waals surface area contributed by atoms with Crippen molar-refractivity contribution >= 4 is 17.7 Å². The molecule has 22 heavy (non-hydrogen) atoms. The van der Waals surface area contributed by atoms with Crippen molar-refractivity contribution in [3.8, 4) is 6.01 Å². The Labute approximate surface area is 132 Å². The number of amides is 1. The third kappa shape index (κ3) is 3.19. The van der Waals surface area contributed by atoms with Crippen LogP contribution in [0.3, 0.4) is 0 Å². The smallest absolute Gasteiger partial charge is 0.316 e. The summed E-state index contributed by atoms with van der Waals surface area (Å²) in [6, 6.07) is 5.70. The van der Waals surface area contributed by atoms with Crippen LogP contribution in [0.15, 0.2) is 41.8 Å². The van der Waals surface area contributed by atoms with E-state index >= 15 is 0 Å². The van der Waals surface area contributed by atoms with Crippen molar-refractivity contribution in [1.82, 2.24) is 19.9 Å². The van der Waals surface area contributed by atoms with Gasteiger partial charge < -0.3 is 9.64 Å². The van der Waals surface area contributed by atoms with Crippen LogP contribution in [0.1, 0.15) is 16.8 Å². The number of nitrogens with zero attached hydrogens (tertiary/aromatic N) is 4. The highest BCUT2D eigenvalue weighted by Crippen LogP contribution is 2.22. The van der Waals surface area contributed by atoms with Crippen LogP contribution in [0.25, 0.3) is 0 Å². The Balaban J connectivity index is 1.66. The summed E-state index contributed by atoms with van der Waals surface area (Å²) in [6.07, 6.45) is 7.60. The van der Waals surface area contributed by atoms with Crippen LogP contribution in [0.2, 0.25) is 0 Å². The Hall–Kier alpha value is -2.15. The fourth-order valence-electron chi connectivity index (χ4n) is 2.39. The minimum atomic E-state index is -0.0687. The lowest BCUT2D eigenvalue weighted by atomic mass is 10.2. The van der Waals surface area contributed by atoms with Crippen LogP contribution in [0, 0.1) is 0 Å². The molecule has 3 heterocycles. The molecule has 1 amide bonds. The molecule has 114 valence electrons. The zero-order valence-corrected chi connectivity index (χ0v) is 13.0. The van der Waals surface area contributed by atoms with Gasteiger partial charge >= 0.3 is 6.01 Å². The number of carbonyl (C=O) groups excluding carboxylic acids is 1. The maximum atomic E-state index is 12.6. The summed E-state index contributed by atoms with van der Waals surface area (Å²) in [4.78, 5) is 26.7. The third-order valence-corrected chi connectivity index (χ3v) is 4.15. The van der Waals surface area contributed by atoms with Gasteiger partial charge in [-0.3, -0.25) is 4.79 Å². The third-order valence-electron chi connectivity index (χ3n) is 3.44. The molecule has 0 aliphatic carbocycles. The number of rotatable bonds is 4. The van der Waals surface area contributed by atoms with Gasteiger partial charge in [0.25, 0.3) is 5.91 Å². The summed E-state index contributed by atoms with van der Waals surface area (Å²) in [7, 11) is 0. The van der Waals surface area contributed by atoms with Gasteiger partial charge in [0, 0.05) is 31.6 Å². The minimum Gasteiger partial charge on any atom is -0.458 e. The molecule has 0 unspecified atom stereocenters. The maximum Gasteiger partial charge on any atom is 0.316 e. The lowest BCUT2D eigenvalue weighted by Gasteiger charge is -2.17. The molecule has 0 N–H and O–H groups in total. The molecular formula is C15H16N4O2S. The monoisotopic (exact) mass is 316 g/mol. The van der Waals surface area contributed by atoms with Gasteiger partial charge in [-0.1, -0.05) is 0 Å². The van der Waals surface area contributed by atoms with Gasteiger partial charge in [-0.25, -0.2) is 15.0 Å². The number of hydrogen-bond donors (Lipinski definition) is 0. The molecule has 1 atom stereocenters. The number of pyridine rings is 1. The first kappa shape index (κ1) is 14.8. The standard InChI is InChI=1S/C15H16N4O2S/c1-22-13-12(4-2-6-16-13)14(20)19-9-5-11(10-19)21-15-17-7-3-8-18-15/h2-4,6-8,11H,5,9-10H2,1H3/t11-/m0/s1. The Morgan fingerprint density at radius 1 is 1.27 bits per heavy atom. The average molecular weight is 316 g/mol. The second kappa shape index (κ2) is 6.74. The van der Waals surface area contributed by atoms with Crippen LogP contribution in [0.5, 0.6) is 6.01 Å². The SMILES string of the molecule is CSc1ncccc1C(=O)N1CC[C@H](Oc2ncccn2)C1. The number of aromatic nitrogens is 3. The van der Waals surface area contributed by atoms with Gasteiger partial charge in [0.2, 0.25) is 0 Å². The number of likely N-dealkylation sites (tertiary alicyclic amines) is 1. The van der Waals surface area contributed by atoms with E-state index in [-0.39, 0.29) is 12.0 Å². The van der Waals surface area contributed by atoms with Gasteiger partial charge in [0.05, 0.1) is 12.1 Å². The van der Waals surface area contributed by atoms with Crippen LogP contribution in [-0.4, -0.2) is 51.2 Å². The van der Waals surface area contributed by atoms with Gasteiger partial charge in [-0.15, -0.1) is 11.8 Å². The molecular weight excluding hydrogens is 300 g/mol. The first-order valence-corrected chi connectivity index (χ1v) is 8.22. The largest absolute Gasteiger partial charge is 0.458 e. The zero-order valence-electron chi connectivity index (χ0n) is 12.2. The van der Waals surface area contributed by atoms with Crippen LogP contribution in [-0.2, 0) is 0 Å². The fraction of sp³-hybridized carbons (Fsp3) is 0.333. The molecule has 1 saturated heterocycles. The highest BCUT2D eigenvalue weighted by Gasteiger charge is 2.29. The van der Waals surface area contributed by atoms with E-state index < -0.39 is 0 Å². The van der Waals surface area contributed by atoms with Crippen molar-refractivity contribution in [1.29, 1.82) is 0 Å². The average Bonchev–Trinajstić information content (AvgIpc) is 3.03. The van der Waals surface area contributed by atoms with Crippen molar-refractivity contribution < 1.29 is 9.53 Å². The highest BCUT2D eigenvalue weighted by molar-refractivity contribution is 7.98. The highest BCUT2D eigenvalue weighted by atomic mass is 32.2. The molecule has 2 aromatic rings. The van der Waals surface area contributed by atoms with E-state index in [0.29, 0.717) is 24.7 Å². The van der Waals surface area contributed by atoms with Crippen molar-refractivity contribution in [2.75, 3.05) is 19.3 Å². The quantitative estimate of drug-likeness (QED) is 0.802. The van der Waals surface area contributed by atoms with Gasteiger partial charge in [-0.05, 0) is 24.5 Å². The van der Waals surface area contributed by atoms with E-state index in [4.69, 9.17) is 4.74 Å². The van der Waals surface area contributed by atoms with E-state index in [0.717, 1.165) is 11.4 Å². The lowest BCUT2D eigenvalue weighted by molar-refractivity contribution is 0.0765. The molecule has 0 bridgehead atoms. The summed E-state index contributed by atoms with van der Waals surface area (Å²) in [5, 5.41) is 0.753. The van der Waals surface area contributed by atoms with Crippen LogP contribution < -0.4 is 4.74 Å². The molecule has 0 spiro atoms. The molecule has 1 fully saturated rings. The second-order valence-corrected chi connectivity index (χ2v) is 5.67. The van der Waals surface area contributed by atoms with Gasteiger partial charge in [0.1, 0.15) is 11.1 Å². The first-order valence-electron chi connectivity index (χ1n) is 7.00. The van der Waals surface area contributed by atoms with Crippen molar-refractivity contribution in [2.45, 2.75) is 17.6 Å². The molecule has 0 radical (unpaired) electrons. The molecule has 0 aromatic carbocycles. The Morgan fingerprint density at radius 2 is 2.05 bits per heavy atom. The zero-order chi connectivity index (χ0) is 15.4. The summed E-state index contributed by atoms with van der Waals surface area (Å²) in [5.74, 6) is -0.00229. The Kier molecular flexibility index (Phi) is 4.53. The summed E-state index contributed by atoms with van der Waals surface area (Å²) < 4.78 is 5.71. The summed E-state index contributed by atoms with van der Waals surface area (Å²) in [5.41, 5.74) is 0.645. The molecule has 7 heteroatoms. The Bertz CT molecular complexity index is 653. The van der Waals surface area contributed by atoms with E-state index in [1.165, 1.54) is 11.8 Å². The second-order valence-electron chi connectivity index (χ2n) is 4.87. The van der Waals surface area contributed by atoms with E-state index in [2.05, 4.69) is 15.0 Å². The molecule has 0 saturated carbocycles. The predicted octanol–water partition coefficient (Wildman–Crippen LogP) is 1.89. The predicted molar refractivity (Wildman–Crippen MR) is 83.0 cm³/mol. The summed E-state index contributed by atoms with van der Waals surface area (Å²) in [6.45, 7) is 1.21. The number of thioether (sulfide) groups is 1. The minimum absolute atomic E-state index is 0.00229. The number of ether oxygens (including phenoxy) is 1. The molecule has 1 aliphatic rings. The fourth-order valence-corrected chi connectivity index (χ4v) is 2.93. The Morgan fingerprint density at radius 3 is 2.82 bits per heavy atom. The topological polar surface area (TPSA) is 68.2 Å². The lowest BCUT2D eigenvalue weighted by Crippen LogP contribution is -2.31. The number of carbonyl (C=O) groups is 1. The van der Waals surface area contributed by atoms with Crippen molar-refractivity contribution in [3.63, 3.8) is 0 Å². The molecule has 2 aromatic heterocycles. The summed E-state index contributed by atoms with van der Waals surface area (Å²) >= 11 is 1.48. The van der Waals surface area contributed by atoms with Crippen molar-refractivity contribution in [2.24, 2.45) is 0 Å². The molecule has 6 nitrogen and oxygen atoms in total. The van der Waals surface area contributed by atoms with Crippen molar-refractivity contribution in [3.05, 3.63) is 42.4 Å². The number of hydrogen-bond acceptors (Lipinski definition) is 6. The normalized spacial score (nSPS) is 17.5. The first-order chi connectivity index (χ1) is 10.8. The van der Waals surface area contributed by atoms with E-state index in [1.54, 1.807) is 35.6 Å². The molecule has 1 aliphatic heterocycles. The maximum absolute atomic E-state index is 12.6. The van der Waals surface area contributed by atoms with Crippen LogP contribution in [0.4, 0.5) is 0 Å². The van der Waals surface area contributed by atoms with Gasteiger partial charge in [0.15, 0.2) is 0 Å². The van der Waals surface area contributed by atoms with E-state index in [1.807, 2.05) is 12.3 Å². The van der Waals surface area contributed by atoms with Gasteiger partial charge in [-0.2, -0.15) is 0 Å². The molecule has 3 rings (SSSR count). The van der Waals surface area contributed by atoms with E-state index in [9.17, 15) is 4.79 Å².